The van der Waals surface area contributed by atoms with Crippen LogP contribution in [-0.4, -0.2) is 28.0 Å². The number of aromatic nitrogens is 2. The third-order valence-electron chi connectivity index (χ3n) is 4.42. The Morgan fingerprint density at radius 3 is 2.83 bits per heavy atom. The molecule has 1 N–H and O–H groups in total. The van der Waals surface area contributed by atoms with E-state index in [2.05, 4.69) is 10.3 Å². The predicted molar refractivity (Wildman–Crippen MR) is 118 cm³/mol. The molecule has 0 spiro atoms. The number of fused-ring (bicyclic) bond motifs is 2. The van der Waals surface area contributed by atoms with Crippen molar-refractivity contribution in [3.05, 3.63) is 51.8 Å². The fourth-order valence-electron chi connectivity index (χ4n) is 3.11. The highest BCUT2D eigenvalue weighted by Crippen LogP contribution is 2.34. The summed E-state index contributed by atoms with van der Waals surface area (Å²) in [6, 6.07) is 10.2. The quantitative estimate of drug-likeness (QED) is 0.453. The molecule has 9 heteroatoms. The molecule has 7 nitrogen and oxygen atoms in total. The van der Waals surface area contributed by atoms with Crippen LogP contribution in [0.3, 0.4) is 0 Å². The van der Waals surface area contributed by atoms with Crippen LogP contribution in [0.5, 0.6) is 11.5 Å². The van der Waals surface area contributed by atoms with Crippen molar-refractivity contribution in [2.24, 2.45) is 5.92 Å². The molecule has 1 aliphatic heterocycles. The Hall–Kier alpha value is -2.71. The molecule has 1 aliphatic rings. The molecule has 0 saturated heterocycles. The Balaban J connectivity index is 1.54. The molecule has 1 aromatic heterocycles. The summed E-state index contributed by atoms with van der Waals surface area (Å²) in [7, 11) is 0. The number of thioether (sulfide) groups is 1. The highest BCUT2D eigenvalue weighted by molar-refractivity contribution is 7.99. The molecule has 3 aromatic rings. The Bertz CT molecular complexity index is 1180. The molecule has 0 bridgehead atoms. The van der Waals surface area contributed by atoms with Crippen LogP contribution in [0.15, 0.2) is 46.3 Å². The molecule has 0 fully saturated rings. The molecule has 0 unspecified atom stereocenters. The van der Waals surface area contributed by atoms with E-state index in [0.29, 0.717) is 44.8 Å². The van der Waals surface area contributed by atoms with E-state index in [0.717, 1.165) is 0 Å². The van der Waals surface area contributed by atoms with Gasteiger partial charge >= 0.3 is 0 Å². The van der Waals surface area contributed by atoms with E-state index in [4.69, 9.17) is 21.1 Å². The van der Waals surface area contributed by atoms with Gasteiger partial charge in [0.05, 0.1) is 16.7 Å². The molecule has 0 atom stereocenters. The van der Waals surface area contributed by atoms with E-state index in [1.54, 1.807) is 41.0 Å². The molecule has 156 valence electrons. The van der Waals surface area contributed by atoms with E-state index in [9.17, 15) is 9.59 Å². The second-order valence-electron chi connectivity index (χ2n) is 7.27. The van der Waals surface area contributed by atoms with Crippen molar-refractivity contribution in [3.8, 4) is 11.5 Å². The third-order valence-corrected chi connectivity index (χ3v) is 5.63. The Morgan fingerprint density at radius 1 is 1.23 bits per heavy atom. The number of benzene rings is 2. The first-order chi connectivity index (χ1) is 14.4. The first-order valence-corrected chi connectivity index (χ1v) is 10.8. The maximum atomic E-state index is 13.0. The minimum absolute atomic E-state index is 0.102. The number of nitrogens with zero attached hydrogens (tertiary/aromatic N) is 2. The highest BCUT2D eigenvalue weighted by Gasteiger charge is 2.16. The first-order valence-electron chi connectivity index (χ1n) is 9.43. The normalized spacial score (nSPS) is 12.5. The molecular formula is C21H20ClN3O4S. The number of carbonyl (C=O) groups excluding carboxylic acids is 1. The van der Waals surface area contributed by atoms with Crippen LogP contribution >= 0.6 is 23.4 Å². The summed E-state index contributed by atoms with van der Waals surface area (Å²) in [5.74, 6) is 1.38. The summed E-state index contributed by atoms with van der Waals surface area (Å²) < 4.78 is 12.2. The average Bonchev–Trinajstić information content (AvgIpc) is 3.16. The van der Waals surface area contributed by atoms with Gasteiger partial charge in [-0.3, -0.25) is 14.2 Å². The molecule has 30 heavy (non-hydrogen) atoms. The summed E-state index contributed by atoms with van der Waals surface area (Å²) in [5, 5.41) is 4.34. The fraction of sp³-hybridized carbons (Fsp3) is 0.286. The second-order valence-corrected chi connectivity index (χ2v) is 8.65. The maximum Gasteiger partial charge on any atom is 0.262 e. The maximum absolute atomic E-state index is 13.0. The van der Waals surface area contributed by atoms with Gasteiger partial charge in [0.2, 0.25) is 12.7 Å². The van der Waals surface area contributed by atoms with Crippen LogP contribution in [0.1, 0.15) is 13.8 Å². The number of carbonyl (C=O) groups is 1. The smallest absolute Gasteiger partial charge is 0.262 e. The van der Waals surface area contributed by atoms with Gasteiger partial charge in [-0.25, -0.2) is 4.98 Å². The van der Waals surface area contributed by atoms with Gasteiger partial charge in [-0.1, -0.05) is 37.2 Å². The number of halogens is 1. The molecule has 0 saturated carbocycles. The summed E-state index contributed by atoms with van der Waals surface area (Å²) in [5.41, 5.74) is 0.998. The zero-order chi connectivity index (χ0) is 21.3. The Morgan fingerprint density at radius 2 is 2.03 bits per heavy atom. The lowest BCUT2D eigenvalue weighted by Gasteiger charge is -2.15. The zero-order valence-electron chi connectivity index (χ0n) is 16.5. The van der Waals surface area contributed by atoms with Gasteiger partial charge in [0.1, 0.15) is 0 Å². The van der Waals surface area contributed by atoms with Gasteiger partial charge in [0.15, 0.2) is 16.7 Å². The Kier molecular flexibility index (Phi) is 5.87. The monoisotopic (exact) mass is 445 g/mol. The second kappa shape index (κ2) is 8.57. The number of hydrogen-bond acceptors (Lipinski definition) is 6. The van der Waals surface area contributed by atoms with Crippen molar-refractivity contribution >= 4 is 45.9 Å². The molecular weight excluding hydrogens is 426 g/mol. The minimum atomic E-state index is -0.213. The number of rotatable bonds is 6. The SMILES string of the molecule is CC(C)Cn1c(SCC(=O)Nc2ccc3c(c2)OCO3)nc2cc(Cl)ccc2c1=O. The van der Waals surface area contributed by atoms with Crippen LogP contribution in [0.2, 0.25) is 5.02 Å². The molecule has 2 heterocycles. The third kappa shape index (κ3) is 4.39. The van der Waals surface area contributed by atoms with E-state index >= 15 is 0 Å². The van der Waals surface area contributed by atoms with E-state index in [1.807, 2.05) is 13.8 Å². The summed E-state index contributed by atoms with van der Waals surface area (Å²) in [4.78, 5) is 30.1. The van der Waals surface area contributed by atoms with Crippen molar-refractivity contribution in [1.29, 1.82) is 0 Å². The first kappa shape index (κ1) is 20.6. The van der Waals surface area contributed by atoms with Gasteiger partial charge < -0.3 is 14.8 Å². The largest absolute Gasteiger partial charge is 0.454 e. The summed E-state index contributed by atoms with van der Waals surface area (Å²) >= 11 is 7.28. The number of anilines is 1. The van der Waals surface area contributed by atoms with Crippen LogP contribution in [-0.2, 0) is 11.3 Å². The van der Waals surface area contributed by atoms with E-state index in [-0.39, 0.29) is 29.9 Å². The fourth-order valence-corrected chi connectivity index (χ4v) is 4.09. The molecule has 0 radical (unpaired) electrons. The van der Waals surface area contributed by atoms with Crippen LogP contribution < -0.4 is 20.3 Å². The number of nitrogens with one attached hydrogen (secondary N) is 1. The zero-order valence-corrected chi connectivity index (χ0v) is 18.0. The van der Waals surface area contributed by atoms with E-state index < -0.39 is 0 Å². The lowest BCUT2D eigenvalue weighted by molar-refractivity contribution is -0.113. The summed E-state index contributed by atoms with van der Waals surface area (Å²) in [6.45, 7) is 4.74. The lowest BCUT2D eigenvalue weighted by Crippen LogP contribution is -2.26. The number of ether oxygens (including phenoxy) is 2. The number of amides is 1. The van der Waals surface area contributed by atoms with Crippen molar-refractivity contribution in [2.75, 3.05) is 17.9 Å². The molecule has 4 rings (SSSR count). The summed E-state index contributed by atoms with van der Waals surface area (Å²) in [6.07, 6.45) is 0. The van der Waals surface area contributed by atoms with Crippen molar-refractivity contribution < 1.29 is 14.3 Å². The van der Waals surface area contributed by atoms with Crippen LogP contribution in [0.4, 0.5) is 5.69 Å². The van der Waals surface area contributed by atoms with Gasteiger partial charge in [-0.05, 0) is 36.2 Å². The molecule has 1 amide bonds. The van der Waals surface area contributed by atoms with E-state index in [1.165, 1.54) is 11.8 Å². The van der Waals surface area contributed by atoms with Crippen molar-refractivity contribution in [3.63, 3.8) is 0 Å². The minimum Gasteiger partial charge on any atom is -0.454 e. The standard InChI is InChI=1S/C21H20ClN3O4S/c1-12(2)9-25-20(27)15-5-3-13(22)7-16(15)24-21(25)30-10-19(26)23-14-4-6-17-18(8-14)29-11-28-17/h3-8,12H,9-11H2,1-2H3,(H,23,26). The molecule has 0 aliphatic carbocycles. The van der Waals surface area contributed by atoms with Gasteiger partial charge in [-0.15, -0.1) is 0 Å². The topological polar surface area (TPSA) is 82.5 Å². The lowest BCUT2D eigenvalue weighted by atomic mass is 10.2. The van der Waals surface area contributed by atoms with Gasteiger partial charge in [0.25, 0.3) is 5.56 Å². The Labute approximate surface area is 182 Å². The molecule has 2 aromatic carbocycles. The predicted octanol–water partition coefficient (Wildman–Crippen LogP) is 4.17. The van der Waals surface area contributed by atoms with Gasteiger partial charge in [0, 0.05) is 23.3 Å². The van der Waals surface area contributed by atoms with Crippen LogP contribution in [0, 0.1) is 5.92 Å². The average molecular weight is 446 g/mol. The van der Waals surface area contributed by atoms with Crippen molar-refractivity contribution in [2.45, 2.75) is 25.5 Å². The highest BCUT2D eigenvalue weighted by atomic mass is 35.5. The van der Waals surface area contributed by atoms with Crippen LogP contribution in [0.25, 0.3) is 10.9 Å². The van der Waals surface area contributed by atoms with Crippen molar-refractivity contribution in [1.82, 2.24) is 9.55 Å². The number of hydrogen-bond donors (Lipinski definition) is 1. The van der Waals surface area contributed by atoms with Gasteiger partial charge in [-0.2, -0.15) is 0 Å².